The number of nitrogens with one attached hydrogen (secondary N) is 1. The molecule has 2 rings (SSSR count). The molecule has 0 saturated heterocycles. The molecule has 19 heavy (non-hydrogen) atoms. The molecule has 1 saturated carbocycles. The predicted octanol–water partition coefficient (Wildman–Crippen LogP) is 2.28. The van der Waals surface area contributed by atoms with Crippen molar-refractivity contribution < 1.29 is 9.26 Å². The van der Waals surface area contributed by atoms with Crippen LogP contribution in [0.5, 0.6) is 0 Å². The van der Waals surface area contributed by atoms with Gasteiger partial charge in [-0.15, -0.1) is 0 Å². The zero-order chi connectivity index (χ0) is 13.7. The van der Waals surface area contributed by atoms with Gasteiger partial charge < -0.3 is 14.6 Å². The Balaban J connectivity index is 1.96. The largest absolute Gasteiger partial charge is 0.381 e. The van der Waals surface area contributed by atoms with Crippen LogP contribution in [0.25, 0.3) is 0 Å². The van der Waals surface area contributed by atoms with Gasteiger partial charge in [0, 0.05) is 19.6 Å². The van der Waals surface area contributed by atoms with Crippen molar-refractivity contribution in [3.63, 3.8) is 0 Å². The molecule has 108 valence electrons. The van der Waals surface area contributed by atoms with Gasteiger partial charge in [0.15, 0.2) is 5.82 Å². The molecule has 5 heteroatoms. The number of nitrogens with zero attached hydrogens (tertiary/aromatic N) is 2. The summed E-state index contributed by atoms with van der Waals surface area (Å²) in [5.41, 5.74) is 0. The molecule has 1 heterocycles. The Morgan fingerprint density at radius 2 is 2.32 bits per heavy atom. The summed E-state index contributed by atoms with van der Waals surface area (Å²) < 4.78 is 10.7. The standard InChI is InChI=1S/C14H25N3O2/c1-4-8-15-12-7-5-6-11(12)14-16-13(17-19-14)9-10(2)18-3/h10-12,15H,4-9H2,1-3H3. The van der Waals surface area contributed by atoms with Crippen molar-refractivity contribution in [3.05, 3.63) is 11.7 Å². The first kappa shape index (κ1) is 14.5. The van der Waals surface area contributed by atoms with Crippen LogP contribution in [0.15, 0.2) is 4.52 Å². The van der Waals surface area contributed by atoms with Gasteiger partial charge in [-0.05, 0) is 32.7 Å². The van der Waals surface area contributed by atoms with Crippen LogP contribution < -0.4 is 5.32 Å². The quantitative estimate of drug-likeness (QED) is 0.821. The minimum absolute atomic E-state index is 0.128. The molecule has 3 atom stereocenters. The first-order valence-electron chi connectivity index (χ1n) is 7.33. The predicted molar refractivity (Wildman–Crippen MR) is 73.1 cm³/mol. The van der Waals surface area contributed by atoms with Crippen LogP contribution in [0.4, 0.5) is 0 Å². The maximum atomic E-state index is 5.45. The molecule has 1 aromatic heterocycles. The van der Waals surface area contributed by atoms with E-state index in [1.807, 2.05) is 6.92 Å². The van der Waals surface area contributed by atoms with Crippen LogP contribution in [0.1, 0.15) is 57.2 Å². The molecule has 5 nitrogen and oxygen atoms in total. The zero-order valence-corrected chi connectivity index (χ0v) is 12.2. The lowest BCUT2D eigenvalue weighted by atomic mass is 10.0. The monoisotopic (exact) mass is 267 g/mol. The van der Waals surface area contributed by atoms with E-state index in [0.29, 0.717) is 18.4 Å². The van der Waals surface area contributed by atoms with Crippen molar-refractivity contribution in [3.8, 4) is 0 Å². The van der Waals surface area contributed by atoms with Gasteiger partial charge in [0.05, 0.1) is 12.0 Å². The number of hydrogen-bond acceptors (Lipinski definition) is 5. The van der Waals surface area contributed by atoms with E-state index in [2.05, 4.69) is 22.4 Å². The number of methoxy groups -OCH3 is 1. The highest BCUT2D eigenvalue weighted by atomic mass is 16.5. The minimum atomic E-state index is 0.128. The summed E-state index contributed by atoms with van der Waals surface area (Å²) in [7, 11) is 1.70. The summed E-state index contributed by atoms with van der Waals surface area (Å²) in [6.45, 7) is 5.26. The van der Waals surface area contributed by atoms with E-state index >= 15 is 0 Å². The van der Waals surface area contributed by atoms with E-state index in [1.54, 1.807) is 7.11 Å². The summed E-state index contributed by atoms with van der Waals surface area (Å²) >= 11 is 0. The smallest absolute Gasteiger partial charge is 0.231 e. The van der Waals surface area contributed by atoms with Crippen molar-refractivity contribution >= 4 is 0 Å². The van der Waals surface area contributed by atoms with Crippen LogP contribution in [-0.2, 0) is 11.2 Å². The molecule has 1 N–H and O–H groups in total. The third-order valence-corrected chi connectivity index (χ3v) is 3.85. The Hall–Kier alpha value is -0.940. The molecule has 0 spiro atoms. The van der Waals surface area contributed by atoms with Crippen molar-refractivity contribution in [2.75, 3.05) is 13.7 Å². The fourth-order valence-corrected chi connectivity index (χ4v) is 2.67. The van der Waals surface area contributed by atoms with E-state index in [4.69, 9.17) is 9.26 Å². The molecule has 3 unspecified atom stereocenters. The van der Waals surface area contributed by atoms with Crippen LogP contribution in [0.2, 0.25) is 0 Å². The second-order valence-electron chi connectivity index (χ2n) is 5.40. The molecular formula is C14H25N3O2. The molecule has 1 aliphatic rings. The molecule has 1 aromatic rings. The van der Waals surface area contributed by atoms with E-state index < -0.39 is 0 Å². The highest BCUT2D eigenvalue weighted by Gasteiger charge is 2.32. The topological polar surface area (TPSA) is 60.2 Å². The lowest BCUT2D eigenvalue weighted by molar-refractivity contribution is 0.116. The number of aromatic nitrogens is 2. The van der Waals surface area contributed by atoms with Gasteiger partial charge in [-0.25, -0.2) is 0 Å². The third-order valence-electron chi connectivity index (χ3n) is 3.85. The molecule has 0 aliphatic heterocycles. The van der Waals surface area contributed by atoms with Gasteiger partial charge in [0.25, 0.3) is 0 Å². The SMILES string of the molecule is CCCNC1CCCC1c1nc(CC(C)OC)no1. The van der Waals surface area contributed by atoms with Crippen LogP contribution >= 0.6 is 0 Å². The summed E-state index contributed by atoms with van der Waals surface area (Å²) in [6, 6.07) is 0.494. The molecule has 0 radical (unpaired) electrons. The van der Waals surface area contributed by atoms with Gasteiger partial charge in [-0.2, -0.15) is 4.98 Å². The molecule has 0 bridgehead atoms. The van der Waals surface area contributed by atoms with E-state index in [1.165, 1.54) is 12.8 Å². The normalized spacial score (nSPS) is 24.8. The molecule has 0 amide bonds. The highest BCUT2D eigenvalue weighted by molar-refractivity contribution is 5.03. The zero-order valence-electron chi connectivity index (χ0n) is 12.2. The Kier molecular flexibility index (Phi) is 5.34. The average Bonchev–Trinajstić information content (AvgIpc) is 3.04. The molecule has 1 fully saturated rings. The third kappa shape index (κ3) is 3.76. The summed E-state index contributed by atoms with van der Waals surface area (Å²) in [5.74, 6) is 1.93. The van der Waals surface area contributed by atoms with E-state index in [0.717, 1.165) is 31.1 Å². The summed E-state index contributed by atoms with van der Waals surface area (Å²) in [6.07, 6.45) is 5.57. The Labute approximate surface area is 115 Å². The second-order valence-corrected chi connectivity index (χ2v) is 5.40. The Morgan fingerprint density at radius 3 is 3.05 bits per heavy atom. The lowest BCUT2D eigenvalue weighted by Gasteiger charge is -2.17. The van der Waals surface area contributed by atoms with Crippen molar-refractivity contribution in [1.82, 2.24) is 15.5 Å². The van der Waals surface area contributed by atoms with Crippen LogP contribution in [-0.4, -0.2) is 35.9 Å². The first-order valence-corrected chi connectivity index (χ1v) is 7.33. The maximum Gasteiger partial charge on any atom is 0.231 e. The Bertz CT molecular complexity index is 381. The fraction of sp³-hybridized carbons (Fsp3) is 0.857. The van der Waals surface area contributed by atoms with Gasteiger partial charge in [-0.1, -0.05) is 18.5 Å². The maximum absolute atomic E-state index is 5.45. The van der Waals surface area contributed by atoms with E-state index in [-0.39, 0.29) is 6.10 Å². The minimum Gasteiger partial charge on any atom is -0.381 e. The van der Waals surface area contributed by atoms with Crippen molar-refractivity contribution in [2.45, 2.75) is 64.0 Å². The van der Waals surface area contributed by atoms with Crippen LogP contribution in [0.3, 0.4) is 0 Å². The highest BCUT2D eigenvalue weighted by Crippen LogP contribution is 2.33. The number of ether oxygens (including phenoxy) is 1. The lowest BCUT2D eigenvalue weighted by Crippen LogP contribution is -2.31. The average molecular weight is 267 g/mol. The number of rotatable bonds is 7. The first-order chi connectivity index (χ1) is 9.24. The van der Waals surface area contributed by atoms with Gasteiger partial charge in [-0.3, -0.25) is 0 Å². The van der Waals surface area contributed by atoms with Crippen molar-refractivity contribution in [1.29, 1.82) is 0 Å². The summed E-state index contributed by atoms with van der Waals surface area (Å²) in [5, 5.41) is 7.66. The van der Waals surface area contributed by atoms with Gasteiger partial charge >= 0.3 is 0 Å². The molecule has 0 aromatic carbocycles. The van der Waals surface area contributed by atoms with Gasteiger partial charge in [0.2, 0.25) is 5.89 Å². The Morgan fingerprint density at radius 1 is 1.47 bits per heavy atom. The molecular weight excluding hydrogens is 242 g/mol. The summed E-state index contributed by atoms with van der Waals surface area (Å²) in [4.78, 5) is 4.54. The van der Waals surface area contributed by atoms with Crippen LogP contribution in [0, 0.1) is 0 Å². The fourth-order valence-electron chi connectivity index (χ4n) is 2.67. The van der Waals surface area contributed by atoms with Crippen molar-refractivity contribution in [2.24, 2.45) is 0 Å². The van der Waals surface area contributed by atoms with E-state index in [9.17, 15) is 0 Å². The molecule has 1 aliphatic carbocycles. The number of hydrogen-bond donors (Lipinski definition) is 1. The second kappa shape index (κ2) is 7.01. The van der Waals surface area contributed by atoms with Gasteiger partial charge in [0.1, 0.15) is 0 Å².